The van der Waals surface area contributed by atoms with Crippen molar-refractivity contribution < 1.29 is 27.3 Å². The number of hydrogen-bond acceptors (Lipinski definition) is 9. The molecule has 0 spiro atoms. The summed E-state index contributed by atoms with van der Waals surface area (Å²) in [5, 5.41) is 10.4. The Morgan fingerprint density at radius 2 is 1.81 bits per heavy atom. The third-order valence-corrected chi connectivity index (χ3v) is 5.65. The Kier molecular flexibility index (Phi) is 6.89. The van der Waals surface area contributed by atoms with Gasteiger partial charge in [0.2, 0.25) is 0 Å². The first kappa shape index (κ1) is 24.7. The zero-order valence-electron chi connectivity index (χ0n) is 19.0. The molecule has 36 heavy (non-hydrogen) atoms. The fraction of sp³-hybridized carbons (Fsp3) is 0.182. The number of amidine groups is 1. The van der Waals surface area contributed by atoms with Crippen molar-refractivity contribution in [2.45, 2.75) is 6.92 Å². The number of hydrogen-bond donors (Lipinski definition) is 3. The van der Waals surface area contributed by atoms with E-state index in [1.165, 1.54) is 24.7 Å². The fourth-order valence-electron chi connectivity index (χ4n) is 3.37. The molecule has 1 aliphatic rings. The highest BCUT2D eigenvalue weighted by Gasteiger charge is 2.29. The summed E-state index contributed by atoms with van der Waals surface area (Å²) in [7, 11) is -4.64. The van der Waals surface area contributed by atoms with Gasteiger partial charge in [-0.15, -0.1) is 0 Å². The van der Waals surface area contributed by atoms with Crippen LogP contribution in [0.1, 0.15) is 26.5 Å². The van der Waals surface area contributed by atoms with Crippen molar-refractivity contribution >= 4 is 45.1 Å². The lowest BCUT2D eigenvalue weighted by atomic mass is 10.2. The molecule has 0 aliphatic carbocycles. The Morgan fingerprint density at radius 3 is 2.39 bits per heavy atom. The van der Waals surface area contributed by atoms with Crippen molar-refractivity contribution in [3.8, 4) is 0 Å². The van der Waals surface area contributed by atoms with Crippen LogP contribution >= 0.6 is 0 Å². The zero-order valence-corrected chi connectivity index (χ0v) is 19.8. The predicted octanol–water partition coefficient (Wildman–Crippen LogP) is 1.70. The second-order valence-electron chi connectivity index (χ2n) is 7.70. The third-order valence-electron chi connectivity index (χ3n) is 5.06. The molecule has 0 atom stereocenters. The van der Waals surface area contributed by atoms with Gasteiger partial charge in [0.15, 0.2) is 17.3 Å². The predicted molar refractivity (Wildman–Crippen MR) is 130 cm³/mol. The second-order valence-corrected chi connectivity index (χ2v) is 9.12. The summed E-state index contributed by atoms with van der Waals surface area (Å²) in [4.78, 5) is 40.6. The Bertz CT molecular complexity index is 1410. The van der Waals surface area contributed by atoms with E-state index in [2.05, 4.69) is 20.3 Å². The van der Waals surface area contributed by atoms with Crippen molar-refractivity contribution in [1.29, 1.82) is 5.41 Å². The first-order chi connectivity index (χ1) is 17.1. The van der Waals surface area contributed by atoms with Crippen LogP contribution in [0.3, 0.4) is 0 Å². The molecule has 0 unspecified atom stereocenters. The number of carbonyl (C=O) groups is 2. The maximum atomic E-state index is 13.3. The SMILES string of the molecule is Cc1ccc(N(CS(=O)(=O)O)C(=O)c2nccnc2C(=O)Nc2ccc(N3CCOC3=N)cc2)nc1. The van der Waals surface area contributed by atoms with E-state index >= 15 is 0 Å². The van der Waals surface area contributed by atoms with Gasteiger partial charge in [-0.2, -0.15) is 8.42 Å². The fourth-order valence-corrected chi connectivity index (χ4v) is 3.95. The van der Waals surface area contributed by atoms with E-state index in [0.717, 1.165) is 5.56 Å². The van der Waals surface area contributed by atoms with Gasteiger partial charge in [-0.1, -0.05) is 6.07 Å². The Labute approximate surface area is 206 Å². The van der Waals surface area contributed by atoms with Crippen molar-refractivity contribution in [3.63, 3.8) is 0 Å². The molecule has 4 rings (SSSR count). The lowest BCUT2D eigenvalue weighted by Gasteiger charge is -2.20. The van der Waals surface area contributed by atoms with Crippen LogP contribution in [0.2, 0.25) is 0 Å². The molecule has 13 nitrogen and oxygen atoms in total. The minimum absolute atomic E-state index is 0.0343. The number of rotatable bonds is 7. The van der Waals surface area contributed by atoms with Gasteiger partial charge in [-0.25, -0.2) is 15.0 Å². The topological polar surface area (TPSA) is 179 Å². The molecule has 0 radical (unpaired) electrons. The van der Waals surface area contributed by atoms with E-state index < -0.39 is 33.5 Å². The minimum atomic E-state index is -4.64. The number of amides is 2. The number of pyridine rings is 1. The highest BCUT2D eigenvalue weighted by atomic mass is 32.2. The number of anilines is 3. The first-order valence-electron chi connectivity index (χ1n) is 10.5. The summed E-state index contributed by atoms with van der Waals surface area (Å²) in [6.45, 7) is 2.70. The molecular weight excluding hydrogens is 490 g/mol. The molecule has 186 valence electrons. The summed E-state index contributed by atoms with van der Waals surface area (Å²) in [5.41, 5.74) is 1.07. The van der Waals surface area contributed by atoms with Crippen LogP contribution in [0.25, 0.3) is 0 Å². The Hall–Kier alpha value is -4.43. The molecule has 1 aliphatic heterocycles. The monoisotopic (exact) mass is 511 g/mol. The van der Waals surface area contributed by atoms with Crippen LogP contribution in [0.15, 0.2) is 55.0 Å². The average molecular weight is 512 g/mol. The van der Waals surface area contributed by atoms with Crippen molar-refractivity contribution in [2.24, 2.45) is 0 Å². The Balaban J connectivity index is 1.59. The van der Waals surface area contributed by atoms with Gasteiger partial charge in [-0.05, 0) is 42.8 Å². The third kappa shape index (κ3) is 5.61. The number of ether oxygens (including phenoxy) is 1. The highest BCUT2D eigenvalue weighted by molar-refractivity contribution is 7.85. The number of carbonyl (C=O) groups excluding carboxylic acids is 2. The number of aryl methyl sites for hydroxylation is 1. The standard InChI is InChI=1S/C22H21N7O6S/c1-14-2-7-17(26-12-14)29(13-36(32,33)34)21(31)19-18(24-8-9-25-19)20(30)27-15-3-5-16(6-4-15)28-10-11-35-22(28)23/h2-9,12,23H,10-11,13H2,1H3,(H,27,30)(H,32,33,34). The molecular formula is C22H21N7O6S. The largest absolute Gasteiger partial charge is 0.463 e. The quantitative estimate of drug-likeness (QED) is 0.395. The van der Waals surface area contributed by atoms with Crippen LogP contribution in [0.4, 0.5) is 17.2 Å². The molecule has 3 N–H and O–H groups in total. The van der Waals surface area contributed by atoms with Crippen molar-refractivity contribution in [2.75, 3.05) is 34.1 Å². The lowest BCUT2D eigenvalue weighted by Crippen LogP contribution is -2.38. The molecule has 3 aromatic rings. The summed E-state index contributed by atoms with van der Waals surface area (Å²) < 4.78 is 37.8. The molecule has 2 aromatic heterocycles. The van der Waals surface area contributed by atoms with Gasteiger partial charge in [0.05, 0.1) is 6.54 Å². The lowest BCUT2D eigenvalue weighted by molar-refractivity contribution is 0.0962. The number of nitrogens with zero attached hydrogens (tertiary/aromatic N) is 5. The van der Waals surface area contributed by atoms with E-state index in [4.69, 9.17) is 10.1 Å². The van der Waals surface area contributed by atoms with Gasteiger partial charge < -0.3 is 10.1 Å². The summed E-state index contributed by atoms with van der Waals surface area (Å²) in [6.07, 6.45) is 3.81. The second kappa shape index (κ2) is 10.1. The molecule has 1 aromatic carbocycles. The molecule has 0 bridgehead atoms. The summed E-state index contributed by atoms with van der Waals surface area (Å²) in [5.74, 6) is -2.92. The first-order valence-corrected chi connectivity index (χ1v) is 12.1. The van der Waals surface area contributed by atoms with Crippen LogP contribution < -0.4 is 15.1 Å². The van der Waals surface area contributed by atoms with Crippen LogP contribution in [-0.2, 0) is 14.9 Å². The van der Waals surface area contributed by atoms with Crippen LogP contribution in [0.5, 0.6) is 0 Å². The molecule has 1 saturated heterocycles. The molecule has 1 fully saturated rings. The molecule has 3 heterocycles. The van der Waals surface area contributed by atoms with Gasteiger partial charge >= 0.3 is 0 Å². The van der Waals surface area contributed by atoms with Crippen LogP contribution in [0, 0.1) is 12.3 Å². The van der Waals surface area contributed by atoms with E-state index in [-0.39, 0.29) is 17.5 Å². The molecule has 0 saturated carbocycles. The Morgan fingerprint density at radius 1 is 1.11 bits per heavy atom. The van der Waals surface area contributed by atoms with Gasteiger partial charge in [0.1, 0.15) is 12.4 Å². The van der Waals surface area contributed by atoms with Gasteiger partial charge in [-0.3, -0.25) is 29.4 Å². The van der Waals surface area contributed by atoms with Crippen LogP contribution in [-0.4, -0.2) is 64.8 Å². The number of benzene rings is 1. The van der Waals surface area contributed by atoms with E-state index in [1.54, 1.807) is 42.2 Å². The van der Waals surface area contributed by atoms with Gasteiger partial charge in [0.25, 0.3) is 28.0 Å². The molecule has 2 amide bonds. The zero-order chi connectivity index (χ0) is 25.9. The summed E-state index contributed by atoms with van der Waals surface area (Å²) in [6, 6.07) is 9.65. The smallest absolute Gasteiger partial charge is 0.289 e. The van der Waals surface area contributed by atoms with E-state index in [1.807, 2.05) is 0 Å². The number of nitrogens with one attached hydrogen (secondary N) is 2. The minimum Gasteiger partial charge on any atom is -0.463 e. The average Bonchev–Trinajstić information content (AvgIpc) is 3.28. The molecule has 14 heteroatoms. The van der Waals surface area contributed by atoms with E-state index in [0.29, 0.717) is 29.4 Å². The van der Waals surface area contributed by atoms with E-state index in [9.17, 15) is 22.6 Å². The van der Waals surface area contributed by atoms with Gasteiger partial charge in [0, 0.05) is 30.0 Å². The maximum Gasteiger partial charge on any atom is 0.289 e. The maximum absolute atomic E-state index is 13.3. The normalized spacial score (nSPS) is 13.3. The summed E-state index contributed by atoms with van der Waals surface area (Å²) >= 11 is 0. The highest BCUT2D eigenvalue weighted by Crippen LogP contribution is 2.22. The van der Waals surface area contributed by atoms with Crippen molar-refractivity contribution in [3.05, 3.63) is 71.9 Å². The van der Waals surface area contributed by atoms with Crippen molar-refractivity contribution in [1.82, 2.24) is 15.0 Å². The number of aromatic nitrogens is 3.